The van der Waals surface area contributed by atoms with Gasteiger partial charge < -0.3 is 9.42 Å². The third-order valence-electron chi connectivity index (χ3n) is 4.08. The van der Waals surface area contributed by atoms with Crippen LogP contribution in [-0.2, 0) is 0 Å². The zero-order valence-electron chi connectivity index (χ0n) is 12.7. The fourth-order valence-corrected chi connectivity index (χ4v) is 2.68. The highest BCUT2D eigenvalue weighted by Gasteiger charge is 2.36. The summed E-state index contributed by atoms with van der Waals surface area (Å²) >= 11 is 0. The van der Waals surface area contributed by atoms with Crippen molar-refractivity contribution in [3.05, 3.63) is 71.9 Å². The zero-order valence-corrected chi connectivity index (χ0v) is 12.7. The average molecular weight is 323 g/mol. The number of likely N-dealkylation sites (tertiary alicyclic amines) is 1. The molecule has 2 heterocycles. The number of carbonyl (C=O) groups excluding carboxylic acids is 1. The summed E-state index contributed by atoms with van der Waals surface area (Å²) in [7, 11) is 0. The summed E-state index contributed by atoms with van der Waals surface area (Å²) in [5.74, 6) is 0.659. The van der Waals surface area contributed by atoms with Crippen LogP contribution in [0, 0.1) is 5.82 Å². The van der Waals surface area contributed by atoms with Gasteiger partial charge in [0.15, 0.2) is 0 Å². The van der Waals surface area contributed by atoms with Gasteiger partial charge in [-0.3, -0.25) is 4.79 Å². The summed E-state index contributed by atoms with van der Waals surface area (Å²) in [5.41, 5.74) is 1.37. The molecule has 24 heavy (non-hydrogen) atoms. The third kappa shape index (κ3) is 2.67. The van der Waals surface area contributed by atoms with E-state index in [-0.39, 0.29) is 17.6 Å². The maximum absolute atomic E-state index is 12.9. The lowest BCUT2D eigenvalue weighted by molar-refractivity contribution is 0.0569. The highest BCUT2D eigenvalue weighted by atomic mass is 19.1. The minimum absolute atomic E-state index is 0.0411. The van der Waals surface area contributed by atoms with Gasteiger partial charge in [0.1, 0.15) is 5.82 Å². The molecule has 0 saturated carbocycles. The van der Waals surface area contributed by atoms with E-state index in [2.05, 4.69) is 10.1 Å². The standard InChI is InChI=1S/C18H14FN3O2/c19-15-8-6-13(7-9-15)18(23)22-10-14(11-22)17-20-16(21-24-17)12-4-2-1-3-5-12/h1-9,14H,10-11H2. The van der Waals surface area contributed by atoms with Crippen molar-refractivity contribution in [2.24, 2.45) is 0 Å². The van der Waals surface area contributed by atoms with Crippen LogP contribution in [-0.4, -0.2) is 34.0 Å². The first-order valence-electron chi connectivity index (χ1n) is 7.64. The molecule has 1 aromatic heterocycles. The number of hydrogen-bond acceptors (Lipinski definition) is 4. The smallest absolute Gasteiger partial charge is 0.253 e. The van der Waals surface area contributed by atoms with Crippen molar-refractivity contribution in [1.82, 2.24) is 15.0 Å². The molecule has 1 aliphatic rings. The monoisotopic (exact) mass is 323 g/mol. The van der Waals surface area contributed by atoms with E-state index in [0.29, 0.717) is 30.4 Å². The molecule has 1 amide bonds. The molecule has 6 heteroatoms. The molecule has 1 saturated heterocycles. The fraction of sp³-hybridized carbons (Fsp3) is 0.167. The molecular weight excluding hydrogens is 309 g/mol. The van der Waals surface area contributed by atoms with Crippen molar-refractivity contribution in [1.29, 1.82) is 0 Å². The fourth-order valence-electron chi connectivity index (χ4n) is 2.68. The quantitative estimate of drug-likeness (QED) is 0.743. The van der Waals surface area contributed by atoms with Gasteiger partial charge in [0.2, 0.25) is 11.7 Å². The van der Waals surface area contributed by atoms with Gasteiger partial charge in [0.05, 0.1) is 5.92 Å². The molecule has 0 radical (unpaired) electrons. The highest BCUT2D eigenvalue weighted by molar-refractivity contribution is 5.94. The molecule has 0 bridgehead atoms. The molecule has 1 aliphatic heterocycles. The van der Waals surface area contributed by atoms with E-state index in [1.54, 1.807) is 4.90 Å². The summed E-state index contributed by atoms with van der Waals surface area (Å²) in [4.78, 5) is 18.4. The third-order valence-corrected chi connectivity index (χ3v) is 4.08. The second-order valence-corrected chi connectivity index (χ2v) is 5.74. The Morgan fingerprint density at radius 2 is 1.79 bits per heavy atom. The van der Waals surface area contributed by atoms with Crippen LogP contribution in [0.1, 0.15) is 22.2 Å². The Morgan fingerprint density at radius 3 is 2.50 bits per heavy atom. The number of benzene rings is 2. The van der Waals surface area contributed by atoms with Crippen LogP contribution in [0.15, 0.2) is 59.1 Å². The number of rotatable bonds is 3. The van der Waals surface area contributed by atoms with Crippen molar-refractivity contribution in [2.45, 2.75) is 5.92 Å². The molecule has 1 fully saturated rings. The number of nitrogens with zero attached hydrogens (tertiary/aromatic N) is 3. The Labute approximate surface area is 137 Å². The summed E-state index contributed by atoms with van der Waals surface area (Å²) in [6, 6.07) is 15.1. The molecule has 120 valence electrons. The number of aromatic nitrogens is 2. The Hall–Kier alpha value is -3.02. The van der Waals surface area contributed by atoms with Gasteiger partial charge >= 0.3 is 0 Å². The van der Waals surface area contributed by atoms with Gasteiger partial charge in [0.25, 0.3) is 5.91 Å². The molecule has 0 aliphatic carbocycles. The molecule has 2 aromatic carbocycles. The predicted molar refractivity (Wildman–Crippen MR) is 84.8 cm³/mol. The second kappa shape index (κ2) is 5.88. The van der Waals surface area contributed by atoms with Gasteiger partial charge in [0, 0.05) is 24.2 Å². The van der Waals surface area contributed by atoms with Crippen LogP contribution in [0.4, 0.5) is 4.39 Å². The first-order chi connectivity index (χ1) is 11.7. The van der Waals surface area contributed by atoms with Gasteiger partial charge in [-0.05, 0) is 24.3 Å². The van der Waals surface area contributed by atoms with E-state index in [0.717, 1.165) is 5.56 Å². The number of amides is 1. The van der Waals surface area contributed by atoms with Crippen molar-refractivity contribution in [3.8, 4) is 11.4 Å². The van der Waals surface area contributed by atoms with E-state index < -0.39 is 0 Å². The van der Waals surface area contributed by atoms with Crippen LogP contribution < -0.4 is 0 Å². The first-order valence-corrected chi connectivity index (χ1v) is 7.64. The summed E-state index contributed by atoms with van der Waals surface area (Å²) in [5, 5.41) is 4.00. The maximum Gasteiger partial charge on any atom is 0.253 e. The minimum Gasteiger partial charge on any atom is -0.339 e. The largest absolute Gasteiger partial charge is 0.339 e. The molecular formula is C18H14FN3O2. The van der Waals surface area contributed by atoms with Crippen LogP contribution in [0.25, 0.3) is 11.4 Å². The summed E-state index contributed by atoms with van der Waals surface area (Å²) in [6.45, 7) is 1.04. The lowest BCUT2D eigenvalue weighted by Gasteiger charge is -2.37. The van der Waals surface area contributed by atoms with E-state index in [9.17, 15) is 9.18 Å². The van der Waals surface area contributed by atoms with Crippen molar-refractivity contribution >= 4 is 5.91 Å². The molecule has 0 atom stereocenters. The molecule has 0 unspecified atom stereocenters. The lowest BCUT2D eigenvalue weighted by Crippen LogP contribution is -2.48. The average Bonchev–Trinajstić information content (AvgIpc) is 3.04. The van der Waals surface area contributed by atoms with Crippen molar-refractivity contribution < 1.29 is 13.7 Å². The van der Waals surface area contributed by atoms with Crippen molar-refractivity contribution in [2.75, 3.05) is 13.1 Å². The highest BCUT2D eigenvalue weighted by Crippen LogP contribution is 2.28. The Balaban J connectivity index is 1.42. The topological polar surface area (TPSA) is 59.2 Å². The maximum atomic E-state index is 12.9. The first kappa shape index (κ1) is 14.6. The van der Waals surface area contributed by atoms with E-state index in [1.807, 2.05) is 30.3 Å². The zero-order chi connectivity index (χ0) is 16.5. The normalized spacial score (nSPS) is 14.5. The van der Waals surface area contributed by atoms with Crippen molar-refractivity contribution in [3.63, 3.8) is 0 Å². The summed E-state index contributed by atoms with van der Waals surface area (Å²) < 4.78 is 18.2. The van der Waals surface area contributed by atoms with Gasteiger partial charge in [-0.1, -0.05) is 35.5 Å². The Bertz CT molecular complexity index is 855. The van der Waals surface area contributed by atoms with Gasteiger partial charge in [-0.15, -0.1) is 0 Å². The van der Waals surface area contributed by atoms with Crippen LogP contribution in [0.3, 0.4) is 0 Å². The SMILES string of the molecule is O=C(c1ccc(F)cc1)N1CC(c2nc(-c3ccccc3)no2)C1. The molecule has 5 nitrogen and oxygen atoms in total. The van der Waals surface area contributed by atoms with Crippen LogP contribution in [0.5, 0.6) is 0 Å². The number of hydrogen-bond donors (Lipinski definition) is 0. The summed E-state index contributed by atoms with van der Waals surface area (Å²) in [6.07, 6.45) is 0. The van der Waals surface area contributed by atoms with E-state index >= 15 is 0 Å². The van der Waals surface area contributed by atoms with E-state index in [4.69, 9.17) is 4.52 Å². The molecule has 0 N–H and O–H groups in total. The van der Waals surface area contributed by atoms with E-state index in [1.165, 1.54) is 24.3 Å². The number of carbonyl (C=O) groups is 1. The molecule has 0 spiro atoms. The van der Waals surface area contributed by atoms with Crippen LogP contribution >= 0.6 is 0 Å². The minimum atomic E-state index is -0.354. The van der Waals surface area contributed by atoms with Gasteiger partial charge in [-0.25, -0.2) is 4.39 Å². The Kier molecular flexibility index (Phi) is 3.57. The van der Waals surface area contributed by atoms with Crippen LogP contribution in [0.2, 0.25) is 0 Å². The second-order valence-electron chi connectivity index (χ2n) is 5.74. The molecule has 4 rings (SSSR count). The Morgan fingerprint density at radius 1 is 1.08 bits per heavy atom. The number of halogens is 1. The predicted octanol–water partition coefficient (Wildman–Crippen LogP) is 3.12. The lowest BCUT2D eigenvalue weighted by atomic mass is 9.98. The van der Waals surface area contributed by atoms with Gasteiger partial charge in [-0.2, -0.15) is 4.98 Å². The molecule has 3 aromatic rings.